The van der Waals surface area contributed by atoms with Crippen LogP contribution in [0, 0.1) is 6.92 Å². The summed E-state index contributed by atoms with van der Waals surface area (Å²) in [4.78, 5) is 8.03. The number of aryl methyl sites for hydroxylation is 1. The second-order valence-corrected chi connectivity index (χ2v) is 4.73. The van der Waals surface area contributed by atoms with Gasteiger partial charge in [0.05, 0.1) is 0 Å². The van der Waals surface area contributed by atoms with Gasteiger partial charge in [-0.2, -0.15) is 9.97 Å². The highest BCUT2D eigenvalue weighted by molar-refractivity contribution is 7.91. The molecule has 0 bridgehead atoms. The molecule has 12 heavy (non-hydrogen) atoms. The van der Waals surface area contributed by atoms with Crippen molar-refractivity contribution in [2.45, 2.75) is 31.2 Å². The van der Waals surface area contributed by atoms with E-state index in [9.17, 15) is 4.55 Å². The van der Waals surface area contributed by atoms with Crippen molar-refractivity contribution in [1.82, 2.24) is 9.97 Å². The van der Waals surface area contributed by atoms with E-state index in [-0.39, 0.29) is 5.25 Å². The van der Waals surface area contributed by atoms with Crippen LogP contribution in [0.3, 0.4) is 0 Å². The lowest BCUT2D eigenvalue weighted by molar-refractivity contribution is 0.576. The minimum absolute atomic E-state index is 0.0757. The van der Waals surface area contributed by atoms with Crippen LogP contribution in [0.15, 0.2) is 17.4 Å². The van der Waals surface area contributed by atoms with Crippen molar-refractivity contribution >= 4 is 11.2 Å². The van der Waals surface area contributed by atoms with E-state index in [2.05, 4.69) is 9.97 Å². The third kappa shape index (κ3) is 2.19. The largest absolute Gasteiger partial charge is 0.609 e. The predicted octanol–water partition coefficient (Wildman–Crippen LogP) is 1.30. The van der Waals surface area contributed by atoms with Crippen LogP contribution in [0.25, 0.3) is 0 Å². The van der Waals surface area contributed by atoms with Gasteiger partial charge in [0.1, 0.15) is 5.25 Å². The minimum atomic E-state index is -1.07. The molecule has 0 saturated heterocycles. The Morgan fingerprint density at radius 3 is 2.67 bits per heavy atom. The Balaban J connectivity index is 2.88. The van der Waals surface area contributed by atoms with Crippen LogP contribution in [0.1, 0.15) is 19.5 Å². The van der Waals surface area contributed by atoms with E-state index < -0.39 is 11.2 Å². The number of nitrogens with zero attached hydrogens (tertiary/aromatic N) is 2. The van der Waals surface area contributed by atoms with Crippen LogP contribution in [-0.2, 0) is 11.2 Å². The van der Waals surface area contributed by atoms with Crippen LogP contribution in [-0.4, -0.2) is 19.8 Å². The fourth-order valence-corrected chi connectivity index (χ4v) is 1.55. The van der Waals surface area contributed by atoms with Gasteiger partial charge in [-0.05, 0) is 26.8 Å². The Hall–Kier alpha value is -0.610. The van der Waals surface area contributed by atoms with E-state index in [0.717, 1.165) is 5.69 Å². The molecule has 0 aliphatic carbocycles. The molecule has 0 N–H and O–H groups in total. The van der Waals surface area contributed by atoms with Gasteiger partial charge in [-0.15, -0.1) is 0 Å². The zero-order chi connectivity index (χ0) is 9.14. The number of rotatable bonds is 2. The van der Waals surface area contributed by atoms with Crippen LogP contribution >= 0.6 is 0 Å². The smallest absolute Gasteiger partial charge is 0.343 e. The molecule has 4 heteroatoms. The highest BCUT2D eigenvalue weighted by atomic mass is 32.2. The molecular formula is C8H12N2OS. The summed E-state index contributed by atoms with van der Waals surface area (Å²) in [5.74, 6) is 0. The first-order valence-electron chi connectivity index (χ1n) is 3.81. The molecule has 1 atom stereocenters. The first-order valence-corrected chi connectivity index (χ1v) is 5.03. The molecular weight excluding hydrogens is 172 g/mol. The molecule has 3 nitrogen and oxygen atoms in total. The van der Waals surface area contributed by atoms with Gasteiger partial charge in [-0.3, -0.25) is 0 Å². The normalized spacial score (nSPS) is 13.4. The van der Waals surface area contributed by atoms with E-state index in [0.29, 0.717) is 5.16 Å². The molecule has 0 radical (unpaired) electrons. The SMILES string of the molecule is Cc1ccnc([S+]([O-])C(C)C)n1. The van der Waals surface area contributed by atoms with Gasteiger partial charge < -0.3 is 4.55 Å². The molecule has 0 saturated carbocycles. The van der Waals surface area contributed by atoms with Gasteiger partial charge >= 0.3 is 5.16 Å². The Bertz CT molecular complexity index is 265. The number of hydrogen-bond donors (Lipinski definition) is 0. The van der Waals surface area contributed by atoms with Gasteiger partial charge in [-0.25, -0.2) is 0 Å². The summed E-state index contributed by atoms with van der Waals surface area (Å²) in [7, 11) is 0. The topological polar surface area (TPSA) is 48.8 Å². The monoisotopic (exact) mass is 184 g/mol. The molecule has 1 rings (SSSR count). The van der Waals surface area contributed by atoms with E-state index in [1.54, 1.807) is 12.3 Å². The zero-order valence-electron chi connectivity index (χ0n) is 7.44. The van der Waals surface area contributed by atoms with Gasteiger partial charge in [0.25, 0.3) is 0 Å². The maximum absolute atomic E-state index is 11.5. The first kappa shape index (κ1) is 9.48. The fraction of sp³-hybridized carbons (Fsp3) is 0.500. The van der Waals surface area contributed by atoms with Crippen molar-refractivity contribution in [3.05, 3.63) is 18.0 Å². The van der Waals surface area contributed by atoms with Crippen LogP contribution in [0.2, 0.25) is 0 Å². The number of hydrogen-bond acceptors (Lipinski definition) is 3. The van der Waals surface area contributed by atoms with Crippen molar-refractivity contribution in [1.29, 1.82) is 0 Å². The van der Waals surface area contributed by atoms with Crippen molar-refractivity contribution < 1.29 is 4.55 Å². The maximum atomic E-state index is 11.5. The molecule has 66 valence electrons. The van der Waals surface area contributed by atoms with E-state index in [4.69, 9.17) is 0 Å². The third-order valence-electron chi connectivity index (χ3n) is 1.38. The average molecular weight is 184 g/mol. The van der Waals surface area contributed by atoms with Crippen LogP contribution < -0.4 is 0 Å². The molecule has 0 aliphatic rings. The van der Waals surface area contributed by atoms with E-state index >= 15 is 0 Å². The predicted molar refractivity (Wildman–Crippen MR) is 48.3 cm³/mol. The molecule has 1 aromatic heterocycles. The molecule has 0 fully saturated rings. The summed E-state index contributed by atoms with van der Waals surface area (Å²) >= 11 is -1.07. The van der Waals surface area contributed by atoms with Crippen molar-refractivity contribution in [2.24, 2.45) is 0 Å². The molecule has 1 heterocycles. The molecule has 0 amide bonds. The number of aromatic nitrogens is 2. The van der Waals surface area contributed by atoms with Crippen LogP contribution in [0.5, 0.6) is 0 Å². The molecule has 1 unspecified atom stereocenters. The zero-order valence-corrected chi connectivity index (χ0v) is 8.26. The molecule has 0 aromatic carbocycles. The lowest BCUT2D eigenvalue weighted by atomic mass is 10.5. The second kappa shape index (κ2) is 3.87. The quantitative estimate of drug-likeness (QED) is 0.514. The highest BCUT2D eigenvalue weighted by Crippen LogP contribution is 2.10. The Kier molecular flexibility index (Phi) is 3.05. The van der Waals surface area contributed by atoms with Gasteiger partial charge in [0, 0.05) is 23.1 Å². The molecule has 0 spiro atoms. The Morgan fingerprint density at radius 2 is 2.17 bits per heavy atom. The average Bonchev–Trinajstić information content (AvgIpc) is 2.03. The van der Waals surface area contributed by atoms with Gasteiger partial charge in [-0.1, -0.05) is 0 Å². The van der Waals surface area contributed by atoms with Crippen molar-refractivity contribution in [3.8, 4) is 0 Å². The fourth-order valence-electron chi connectivity index (χ4n) is 0.734. The summed E-state index contributed by atoms with van der Waals surface area (Å²) in [6.07, 6.45) is 1.64. The minimum Gasteiger partial charge on any atom is -0.609 e. The summed E-state index contributed by atoms with van der Waals surface area (Å²) in [5, 5.41) is 0.511. The van der Waals surface area contributed by atoms with Crippen molar-refractivity contribution in [3.63, 3.8) is 0 Å². The van der Waals surface area contributed by atoms with Gasteiger partial charge in [0.2, 0.25) is 0 Å². The van der Waals surface area contributed by atoms with Crippen molar-refractivity contribution in [2.75, 3.05) is 0 Å². The van der Waals surface area contributed by atoms with E-state index in [1.807, 2.05) is 20.8 Å². The van der Waals surface area contributed by atoms with Gasteiger partial charge in [0.15, 0.2) is 0 Å². The summed E-state index contributed by atoms with van der Waals surface area (Å²) in [5.41, 5.74) is 0.856. The second-order valence-electron chi connectivity index (χ2n) is 2.83. The molecule has 0 aliphatic heterocycles. The highest BCUT2D eigenvalue weighted by Gasteiger charge is 2.18. The lowest BCUT2D eigenvalue weighted by Crippen LogP contribution is -2.17. The summed E-state index contributed by atoms with van der Waals surface area (Å²) < 4.78 is 11.5. The first-order chi connectivity index (χ1) is 5.61. The van der Waals surface area contributed by atoms with E-state index in [1.165, 1.54) is 0 Å². The summed E-state index contributed by atoms with van der Waals surface area (Å²) in [6, 6.07) is 1.79. The third-order valence-corrected chi connectivity index (χ3v) is 2.79. The van der Waals surface area contributed by atoms with Crippen LogP contribution in [0.4, 0.5) is 0 Å². The maximum Gasteiger partial charge on any atom is 0.343 e. The standard InChI is InChI=1S/C8H12N2OS/c1-6(2)12(11)8-9-5-4-7(3)10-8/h4-6H,1-3H3. The molecule has 1 aromatic rings. The Morgan fingerprint density at radius 1 is 1.50 bits per heavy atom. The summed E-state index contributed by atoms with van der Waals surface area (Å²) in [6.45, 7) is 5.65. The Labute approximate surface area is 75.4 Å². The lowest BCUT2D eigenvalue weighted by Gasteiger charge is -2.10.